The third-order valence-electron chi connectivity index (χ3n) is 1.70. The van der Waals surface area contributed by atoms with Gasteiger partial charge in [0.15, 0.2) is 0 Å². The van der Waals surface area contributed by atoms with Crippen molar-refractivity contribution in [2.75, 3.05) is 24.9 Å². The average molecular weight is 404 g/mol. The second-order valence-electron chi connectivity index (χ2n) is 4.10. The van der Waals surface area contributed by atoms with E-state index in [1.54, 1.807) is 0 Å². The van der Waals surface area contributed by atoms with Crippen molar-refractivity contribution in [1.29, 1.82) is 0 Å². The summed E-state index contributed by atoms with van der Waals surface area (Å²) in [4.78, 5) is 0. The molecule has 0 aromatic rings. The Kier molecular flexibility index (Phi) is 7.86. The second-order valence-corrected chi connectivity index (χ2v) is 10.6. The van der Waals surface area contributed by atoms with E-state index in [1.807, 2.05) is 0 Å². The maximum Gasteiger partial charge on any atom is 0.414 e. The lowest BCUT2D eigenvalue weighted by Crippen LogP contribution is -2.16. The van der Waals surface area contributed by atoms with Crippen LogP contribution in [0.3, 0.4) is 0 Å². The predicted octanol–water partition coefficient (Wildman–Crippen LogP) is -1.30. The highest BCUT2D eigenvalue weighted by molar-refractivity contribution is 7.99. The van der Waals surface area contributed by atoms with Crippen molar-refractivity contribution in [3.63, 3.8) is 0 Å². The standard InChI is InChI=1S/C7H16O11S4/c1-19(8,9)17-21(12,13)7-5-3-4-6-16-22(14,15)18-20(2,10)11/h3-7H2,1-2H3. The van der Waals surface area contributed by atoms with Crippen LogP contribution in [0.15, 0.2) is 0 Å². The van der Waals surface area contributed by atoms with Crippen LogP contribution >= 0.6 is 0 Å². The largest absolute Gasteiger partial charge is 0.414 e. The van der Waals surface area contributed by atoms with Gasteiger partial charge in [0.2, 0.25) is 0 Å². The molecule has 0 spiro atoms. The van der Waals surface area contributed by atoms with Gasteiger partial charge in [0.05, 0.1) is 24.9 Å². The van der Waals surface area contributed by atoms with Gasteiger partial charge in [-0.1, -0.05) is 6.42 Å². The number of unbranched alkanes of at least 4 members (excludes halogenated alkanes) is 2. The molecule has 0 aliphatic rings. The molecule has 0 heterocycles. The Morgan fingerprint density at radius 3 is 1.64 bits per heavy atom. The van der Waals surface area contributed by atoms with Crippen molar-refractivity contribution >= 4 is 40.8 Å². The molecule has 11 nitrogen and oxygen atoms in total. The highest BCUT2D eigenvalue weighted by Gasteiger charge is 2.20. The molecule has 0 saturated heterocycles. The maximum absolute atomic E-state index is 11.2. The summed E-state index contributed by atoms with van der Waals surface area (Å²) in [5, 5.41) is 0. The topological polar surface area (TPSA) is 164 Å². The third-order valence-corrected chi connectivity index (χ3v) is 6.42. The minimum atomic E-state index is -4.69. The first-order chi connectivity index (χ1) is 9.62. The summed E-state index contributed by atoms with van der Waals surface area (Å²) in [7, 11) is -17.3. The van der Waals surface area contributed by atoms with E-state index < -0.39 is 53.1 Å². The maximum atomic E-state index is 11.2. The first-order valence-corrected chi connectivity index (χ1v) is 12.1. The Morgan fingerprint density at radius 2 is 1.18 bits per heavy atom. The third kappa shape index (κ3) is 13.4. The number of hydrogen-bond acceptors (Lipinski definition) is 11. The summed E-state index contributed by atoms with van der Waals surface area (Å²) >= 11 is 0. The molecule has 134 valence electrons. The highest BCUT2D eigenvalue weighted by atomic mass is 32.3. The van der Waals surface area contributed by atoms with Crippen LogP contribution in [0.4, 0.5) is 0 Å². The molecule has 0 bridgehead atoms. The molecule has 0 fully saturated rings. The van der Waals surface area contributed by atoms with Gasteiger partial charge in [-0.2, -0.15) is 33.7 Å². The van der Waals surface area contributed by atoms with Crippen LogP contribution in [-0.4, -0.2) is 58.5 Å². The lowest BCUT2D eigenvalue weighted by Gasteiger charge is -2.05. The van der Waals surface area contributed by atoms with Crippen LogP contribution in [0.2, 0.25) is 0 Å². The van der Waals surface area contributed by atoms with Crippen molar-refractivity contribution in [3.05, 3.63) is 0 Å². The zero-order valence-corrected chi connectivity index (χ0v) is 14.9. The molecule has 0 amide bonds. The van der Waals surface area contributed by atoms with Gasteiger partial charge in [-0.3, -0.25) is 0 Å². The van der Waals surface area contributed by atoms with Crippen LogP contribution in [0, 0.1) is 0 Å². The molecule has 0 N–H and O–H groups in total. The SMILES string of the molecule is CS(=O)(=O)OS(=O)(=O)CCCCCOS(=O)(=O)OS(C)(=O)=O. The molecule has 0 rings (SSSR count). The quantitative estimate of drug-likeness (QED) is 0.376. The Balaban J connectivity index is 4.06. The van der Waals surface area contributed by atoms with E-state index in [2.05, 4.69) is 11.4 Å². The fourth-order valence-corrected chi connectivity index (χ4v) is 5.14. The van der Waals surface area contributed by atoms with Gasteiger partial charge in [-0.15, -0.1) is 7.26 Å². The Bertz CT molecular complexity index is 688. The average Bonchev–Trinajstić information content (AvgIpc) is 2.15. The molecule has 0 aromatic carbocycles. The molecule has 0 aliphatic heterocycles. The predicted molar refractivity (Wildman–Crippen MR) is 74.4 cm³/mol. The molecule has 15 heteroatoms. The minimum Gasteiger partial charge on any atom is -0.247 e. The van der Waals surface area contributed by atoms with E-state index in [0.29, 0.717) is 12.5 Å². The molecule has 0 aliphatic carbocycles. The summed E-state index contributed by atoms with van der Waals surface area (Å²) < 4.78 is 98.6. The van der Waals surface area contributed by atoms with E-state index in [4.69, 9.17) is 0 Å². The van der Waals surface area contributed by atoms with E-state index >= 15 is 0 Å². The molecule has 22 heavy (non-hydrogen) atoms. The van der Waals surface area contributed by atoms with E-state index in [9.17, 15) is 33.7 Å². The molecule has 0 aromatic heterocycles. The van der Waals surface area contributed by atoms with E-state index in [1.165, 1.54) is 0 Å². The number of rotatable bonds is 11. The summed E-state index contributed by atoms with van der Waals surface area (Å²) in [5.74, 6) is -0.577. The van der Waals surface area contributed by atoms with Crippen molar-refractivity contribution in [1.82, 2.24) is 0 Å². The monoisotopic (exact) mass is 404 g/mol. The number of hydrogen-bond donors (Lipinski definition) is 0. The van der Waals surface area contributed by atoms with Crippen LogP contribution in [0.25, 0.3) is 0 Å². The first kappa shape index (κ1) is 21.7. The second kappa shape index (κ2) is 7.98. The minimum absolute atomic E-state index is 0.00576. The summed E-state index contributed by atoms with van der Waals surface area (Å²) in [6.07, 6.45) is 1.35. The summed E-state index contributed by atoms with van der Waals surface area (Å²) in [6, 6.07) is 0. The Morgan fingerprint density at radius 1 is 0.682 bits per heavy atom. The summed E-state index contributed by atoms with van der Waals surface area (Å²) in [6.45, 7) is -0.426. The smallest absolute Gasteiger partial charge is 0.247 e. The molecular weight excluding hydrogens is 388 g/mol. The van der Waals surface area contributed by atoms with Crippen LogP contribution in [0.5, 0.6) is 0 Å². The van der Waals surface area contributed by atoms with Crippen LogP contribution in [-0.2, 0) is 52.2 Å². The summed E-state index contributed by atoms with van der Waals surface area (Å²) in [5.41, 5.74) is 0. The van der Waals surface area contributed by atoms with E-state index in [0.717, 1.165) is 0 Å². The molecule has 0 unspecified atom stereocenters. The first-order valence-electron chi connectivity index (χ1n) is 5.56. The zero-order chi connectivity index (χ0) is 17.7. The van der Waals surface area contributed by atoms with Crippen LogP contribution in [0.1, 0.15) is 19.3 Å². The fraction of sp³-hybridized carbons (Fsp3) is 1.00. The highest BCUT2D eigenvalue weighted by Crippen LogP contribution is 2.07. The molecule has 0 saturated carbocycles. The van der Waals surface area contributed by atoms with Gasteiger partial charge in [-0.05, 0) is 12.8 Å². The van der Waals surface area contributed by atoms with Gasteiger partial charge in [0, 0.05) is 0 Å². The van der Waals surface area contributed by atoms with Gasteiger partial charge in [0.1, 0.15) is 0 Å². The Hall–Kier alpha value is -0.320. The van der Waals surface area contributed by atoms with E-state index in [-0.39, 0.29) is 19.3 Å². The Labute approximate surface area is 130 Å². The zero-order valence-electron chi connectivity index (χ0n) is 11.7. The van der Waals surface area contributed by atoms with Gasteiger partial charge in [0.25, 0.3) is 30.4 Å². The fourth-order valence-electron chi connectivity index (χ4n) is 1.11. The van der Waals surface area contributed by atoms with Crippen LogP contribution < -0.4 is 0 Å². The lowest BCUT2D eigenvalue weighted by molar-refractivity contribution is 0.268. The molecular formula is C7H16O11S4. The van der Waals surface area contributed by atoms with Gasteiger partial charge < -0.3 is 0 Å². The van der Waals surface area contributed by atoms with Crippen molar-refractivity contribution < 1.29 is 45.1 Å². The van der Waals surface area contributed by atoms with Gasteiger partial charge >= 0.3 is 10.4 Å². The molecule has 0 radical (unpaired) electrons. The van der Waals surface area contributed by atoms with Crippen molar-refractivity contribution in [3.8, 4) is 0 Å². The van der Waals surface area contributed by atoms with Gasteiger partial charge in [-0.25, -0.2) is 4.18 Å². The lowest BCUT2D eigenvalue weighted by atomic mass is 10.3. The molecule has 0 atom stereocenters. The van der Waals surface area contributed by atoms with Crippen molar-refractivity contribution in [2.24, 2.45) is 0 Å². The van der Waals surface area contributed by atoms with Crippen molar-refractivity contribution in [2.45, 2.75) is 19.3 Å². The normalized spacial score (nSPS) is 14.1.